The molecule has 1 rings (SSSR count). The fraction of sp³-hybridized carbons (Fsp3) is 0.417. The minimum Gasteiger partial charge on any atom is -0.394 e. The third kappa shape index (κ3) is 3.32. The lowest BCUT2D eigenvalue weighted by atomic mass is 10.1. The lowest BCUT2D eigenvalue weighted by Crippen LogP contribution is -2.39. The van der Waals surface area contributed by atoms with Crippen LogP contribution in [0.3, 0.4) is 0 Å². The Bertz CT molecular complexity index is 322. The van der Waals surface area contributed by atoms with Gasteiger partial charge in [-0.2, -0.15) is 0 Å². The van der Waals surface area contributed by atoms with Gasteiger partial charge in [-0.15, -0.1) is 0 Å². The Hall–Kier alpha value is -1.39. The number of carbonyl (C=O) groups is 1. The Morgan fingerprint density at radius 1 is 1.38 bits per heavy atom. The van der Waals surface area contributed by atoms with Gasteiger partial charge in [0.2, 0.25) is 0 Å². The van der Waals surface area contributed by atoms with Crippen LogP contribution in [0.1, 0.15) is 25.0 Å². The second-order valence-electron chi connectivity index (χ2n) is 3.61. The zero-order valence-electron chi connectivity index (χ0n) is 9.26. The standard InChI is InChI=1S/C12H17NO3/c1-2-10(8-14)13-12(16)11(15)9-6-4-3-5-7-9/h3-7,10-11,14-15H,2,8H2,1H3,(H,13,16)/t10-,11-/m0/s1. The summed E-state index contributed by atoms with van der Waals surface area (Å²) in [6, 6.07) is 8.40. The molecule has 0 fully saturated rings. The van der Waals surface area contributed by atoms with Gasteiger partial charge in [0.1, 0.15) is 0 Å². The first-order valence-electron chi connectivity index (χ1n) is 5.33. The largest absolute Gasteiger partial charge is 0.394 e. The van der Waals surface area contributed by atoms with Crippen molar-refractivity contribution in [3.05, 3.63) is 35.9 Å². The monoisotopic (exact) mass is 223 g/mol. The number of carbonyl (C=O) groups excluding carboxylic acids is 1. The van der Waals surface area contributed by atoms with E-state index >= 15 is 0 Å². The second kappa shape index (κ2) is 6.25. The molecule has 88 valence electrons. The molecular formula is C12H17NO3. The first kappa shape index (κ1) is 12.7. The van der Waals surface area contributed by atoms with Crippen molar-refractivity contribution >= 4 is 5.91 Å². The van der Waals surface area contributed by atoms with Gasteiger partial charge >= 0.3 is 0 Å². The number of aliphatic hydroxyl groups excluding tert-OH is 2. The summed E-state index contributed by atoms with van der Waals surface area (Å²) < 4.78 is 0. The van der Waals surface area contributed by atoms with Crippen LogP contribution in [0.2, 0.25) is 0 Å². The van der Waals surface area contributed by atoms with Gasteiger partial charge in [-0.1, -0.05) is 37.3 Å². The molecule has 0 aromatic heterocycles. The van der Waals surface area contributed by atoms with E-state index in [1.54, 1.807) is 24.3 Å². The molecule has 4 nitrogen and oxygen atoms in total. The van der Waals surface area contributed by atoms with Crippen LogP contribution < -0.4 is 5.32 Å². The predicted octanol–water partition coefficient (Wildman–Crippen LogP) is 0.607. The molecule has 1 aromatic rings. The topological polar surface area (TPSA) is 69.6 Å². The van der Waals surface area contributed by atoms with Crippen molar-refractivity contribution in [1.82, 2.24) is 5.32 Å². The summed E-state index contributed by atoms with van der Waals surface area (Å²) in [5.74, 6) is -0.480. The minimum atomic E-state index is -1.18. The summed E-state index contributed by atoms with van der Waals surface area (Å²) >= 11 is 0. The van der Waals surface area contributed by atoms with Gasteiger partial charge < -0.3 is 15.5 Å². The Morgan fingerprint density at radius 2 is 2.00 bits per heavy atom. The van der Waals surface area contributed by atoms with E-state index < -0.39 is 12.0 Å². The lowest BCUT2D eigenvalue weighted by Gasteiger charge is -2.17. The SMILES string of the molecule is CC[C@@H](CO)NC(=O)[C@@H](O)c1ccccc1. The van der Waals surface area contributed by atoms with E-state index in [0.717, 1.165) is 0 Å². The molecule has 1 aromatic carbocycles. The number of hydrogen-bond donors (Lipinski definition) is 3. The molecule has 3 N–H and O–H groups in total. The van der Waals surface area contributed by atoms with Gasteiger partial charge in [-0.25, -0.2) is 0 Å². The number of amides is 1. The summed E-state index contributed by atoms with van der Waals surface area (Å²) in [6.07, 6.45) is -0.550. The van der Waals surface area contributed by atoms with E-state index in [0.29, 0.717) is 12.0 Å². The highest BCUT2D eigenvalue weighted by Crippen LogP contribution is 2.12. The van der Waals surface area contributed by atoms with Crippen molar-refractivity contribution in [2.45, 2.75) is 25.5 Å². The van der Waals surface area contributed by atoms with Gasteiger partial charge in [-0.05, 0) is 12.0 Å². The van der Waals surface area contributed by atoms with Crippen LogP contribution in [-0.4, -0.2) is 28.8 Å². The van der Waals surface area contributed by atoms with Gasteiger partial charge in [0.25, 0.3) is 5.91 Å². The summed E-state index contributed by atoms with van der Waals surface area (Å²) in [5, 5.41) is 21.2. The van der Waals surface area contributed by atoms with Crippen molar-refractivity contribution in [3.8, 4) is 0 Å². The fourth-order valence-electron chi connectivity index (χ4n) is 1.34. The van der Waals surface area contributed by atoms with Crippen LogP contribution in [0.25, 0.3) is 0 Å². The van der Waals surface area contributed by atoms with Crippen molar-refractivity contribution < 1.29 is 15.0 Å². The number of rotatable bonds is 5. The molecule has 0 heterocycles. The molecule has 0 aliphatic carbocycles. The molecule has 0 aliphatic heterocycles. The summed E-state index contributed by atoms with van der Waals surface area (Å²) in [7, 11) is 0. The Balaban J connectivity index is 2.61. The Morgan fingerprint density at radius 3 is 2.50 bits per heavy atom. The van der Waals surface area contributed by atoms with E-state index in [-0.39, 0.29) is 12.6 Å². The van der Waals surface area contributed by atoms with Crippen LogP contribution in [0.5, 0.6) is 0 Å². The third-order valence-electron chi connectivity index (χ3n) is 2.42. The molecule has 2 atom stereocenters. The molecule has 0 radical (unpaired) electrons. The van der Waals surface area contributed by atoms with Gasteiger partial charge in [0, 0.05) is 0 Å². The van der Waals surface area contributed by atoms with Gasteiger partial charge in [-0.3, -0.25) is 4.79 Å². The molecule has 0 saturated carbocycles. The van der Waals surface area contributed by atoms with E-state index in [1.165, 1.54) is 0 Å². The van der Waals surface area contributed by atoms with E-state index in [2.05, 4.69) is 5.32 Å². The molecule has 1 amide bonds. The number of benzene rings is 1. The Kier molecular flexibility index (Phi) is 4.95. The maximum Gasteiger partial charge on any atom is 0.253 e. The smallest absolute Gasteiger partial charge is 0.253 e. The maximum absolute atomic E-state index is 11.6. The Labute approximate surface area is 94.9 Å². The number of nitrogens with one attached hydrogen (secondary N) is 1. The molecule has 0 aliphatic rings. The van der Waals surface area contributed by atoms with Crippen LogP contribution >= 0.6 is 0 Å². The van der Waals surface area contributed by atoms with Gasteiger partial charge in [0.15, 0.2) is 6.10 Å². The van der Waals surface area contributed by atoms with Crippen LogP contribution in [0.15, 0.2) is 30.3 Å². The zero-order chi connectivity index (χ0) is 12.0. The molecule has 0 saturated heterocycles. The molecule has 4 heteroatoms. The van der Waals surface area contributed by atoms with Crippen molar-refractivity contribution in [3.63, 3.8) is 0 Å². The van der Waals surface area contributed by atoms with E-state index in [4.69, 9.17) is 5.11 Å². The van der Waals surface area contributed by atoms with Crippen molar-refractivity contribution in [2.24, 2.45) is 0 Å². The maximum atomic E-state index is 11.6. The summed E-state index contributed by atoms with van der Waals surface area (Å²) in [6.45, 7) is 1.74. The average Bonchev–Trinajstić information content (AvgIpc) is 2.35. The van der Waals surface area contributed by atoms with Crippen LogP contribution in [0.4, 0.5) is 0 Å². The highest BCUT2D eigenvalue weighted by atomic mass is 16.3. The fourth-order valence-corrected chi connectivity index (χ4v) is 1.34. The van der Waals surface area contributed by atoms with Crippen molar-refractivity contribution in [1.29, 1.82) is 0 Å². The lowest BCUT2D eigenvalue weighted by molar-refractivity contribution is -0.130. The van der Waals surface area contributed by atoms with Gasteiger partial charge in [0.05, 0.1) is 12.6 Å². The van der Waals surface area contributed by atoms with Crippen LogP contribution in [-0.2, 0) is 4.79 Å². The first-order chi connectivity index (χ1) is 7.69. The third-order valence-corrected chi connectivity index (χ3v) is 2.42. The predicted molar refractivity (Wildman–Crippen MR) is 60.7 cm³/mol. The van der Waals surface area contributed by atoms with Crippen molar-refractivity contribution in [2.75, 3.05) is 6.61 Å². The molecular weight excluding hydrogens is 206 g/mol. The first-order valence-corrected chi connectivity index (χ1v) is 5.33. The highest BCUT2D eigenvalue weighted by molar-refractivity contribution is 5.82. The highest BCUT2D eigenvalue weighted by Gasteiger charge is 2.19. The summed E-state index contributed by atoms with van der Waals surface area (Å²) in [5.41, 5.74) is 0.549. The quantitative estimate of drug-likeness (QED) is 0.685. The number of hydrogen-bond acceptors (Lipinski definition) is 3. The minimum absolute atomic E-state index is 0.121. The van der Waals surface area contributed by atoms with E-state index in [9.17, 15) is 9.90 Å². The molecule has 0 unspecified atom stereocenters. The zero-order valence-corrected chi connectivity index (χ0v) is 9.26. The molecule has 0 spiro atoms. The second-order valence-corrected chi connectivity index (χ2v) is 3.61. The normalized spacial score (nSPS) is 14.2. The molecule has 16 heavy (non-hydrogen) atoms. The number of aliphatic hydroxyl groups is 2. The average molecular weight is 223 g/mol. The summed E-state index contributed by atoms with van der Waals surface area (Å²) in [4.78, 5) is 11.6. The van der Waals surface area contributed by atoms with E-state index in [1.807, 2.05) is 13.0 Å². The van der Waals surface area contributed by atoms with Crippen LogP contribution in [0, 0.1) is 0 Å². The molecule has 0 bridgehead atoms.